The van der Waals surface area contributed by atoms with Gasteiger partial charge in [-0.3, -0.25) is 10.1 Å². The Balaban J connectivity index is 2.01. The zero-order valence-corrected chi connectivity index (χ0v) is 12.0. The molecule has 2 aromatic heterocycles. The molecular weight excluding hydrogens is 266 g/mol. The molecule has 0 saturated carbocycles. The molecular formula is C14H17N7. The van der Waals surface area contributed by atoms with Gasteiger partial charge in [0.2, 0.25) is 5.95 Å². The molecule has 2 heterocycles. The maximum Gasteiger partial charge on any atom is 0.239 e. The SMILES string of the molecule is CN(Cc1cnn(C)c1)c1nc(NN)nc2ccccc12. The summed E-state index contributed by atoms with van der Waals surface area (Å²) in [5, 5.41) is 5.17. The Kier molecular flexibility index (Phi) is 3.41. The monoisotopic (exact) mass is 283 g/mol. The van der Waals surface area contributed by atoms with Crippen LogP contribution in [0.4, 0.5) is 11.8 Å². The molecule has 0 atom stereocenters. The summed E-state index contributed by atoms with van der Waals surface area (Å²) in [6.07, 6.45) is 3.84. The van der Waals surface area contributed by atoms with E-state index < -0.39 is 0 Å². The van der Waals surface area contributed by atoms with Gasteiger partial charge in [-0.25, -0.2) is 10.8 Å². The lowest BCUT2D eigenvalue weighted by atomic mass is 10.2. The topological polar surface area (TPSA) is 84.9 Å². The Morgan fingerprint density at radius 3 is 2.81 bits per heavy atom. The number of aromatic nitrogens is 4. The highest BCUT2D eigenvalue weighted by atomic mass is 15.3. The van der Waals surface area contributed by atoms with Gasteiger partial charge in [0.1, 0.15) is 5.82 Å². The third kappa shape index (κ3) is 2.63. The number of para-hydroxylation sites is 1. The van der Waals surface area contributed by atoms with Crippen LogP contribution in [0, 0.1) is 0 Å². The molecule has 3 rings (SSSR count). The molecule has 0 amide bonds. The van der Waals surface area contributed by atoms with Crippen molar-refractivity contribution in [2.45, 2.75) is 6.54 Å². The Morgan fingerprint density at radius 2 is 2.10 bits per heavy atom. The first-order valence-electron chi connectivity index (χ1n) is 6.59. The minimum absolute atomic E-state index is 0.404. The van der Waals surface area contributed by atoms with E-state index in [0.29, 0.717) is 12.5 Å². The van der Waals surface area contributed by atoms with E-state index in [4.69, 9.17) is 5.84 Å². The third-order valence-corrected chi connectivity index (χ3v) is 3.25. The normalized spacial score (nSPS) is 10.8. The molecule has 0 bridgehead atoms. The molecule has 7 heteroatoms. The molecule has 0 saturated heterocycles. The van der Waals surface area contributed by atoms with Crippen LogP contribution in [-0.4, -0.2) is 26.8 Å². The molecule has 108 valence electrons. The highest BCUT2D eigenvalue weighted by Gasteiger charge is 2.12. The van der Waals surface area contributed by atoms with Gasteiger partial charge in [0.15, 0.2) is 0 Å². The number of nitrogens with one attached hydrogen (secondary N) is 1. The average Bonchev–Trinajstić information content (AvgIpc) is 2.91. The lowest BCUT2D eigenvalue weighted by Gasteiger charge is -2.19. The second-order valence-corrected chi connectivity index (χ2v) is 4.91. The second-order valence-electron chi connectivity index (χ2n) is 4.91. The predicted octanol–water partition coefficient (Wildman–Crippen LogP) is 1.29. The minimum atomic E-state index is 0.404. The number of aryl methyl sites for hydroxylation is 1. The van der Waals surface area contributed by atoms with Crippen molar-refractivity contribution in [1.82, 2.24) is 19.7 Å². The first kappa shape index (κ1) is 13.3. The van der Waals surface area contributed by atoms with E-state index in [9.17, 15) is 0 Å². The van der Waals surface area contributed by atoms with Crippen LogP contribution in [0.5, 0.6) is 0 Å². The lowest BCUT2D eigenvalue weighted by Crippen LogP contribution is -2.20. The molecule has 3 aromatic rings. The zero-order valence-electron chi connectivity index (χ0n) is 12.0. The van der Waals surface area contributed by atoms with Crippen molar-refractivity contribution in [3.05, 3.63) is 42.2 Å². The van der Waals surface area contributed by atoms with Gasteiger partial charge < -0.3 is 4.90 Å². The van der Waals surface area contributed by atoms with E-state index >= 15 is 0 Å². The van der Waals surface area contributed by atoms with E-state index in [2.05, 4.69) is 25.4 Å². The van der Waals surface area contributed by atoms with Crippen molar-refractivity contribution in [3.63, 3.8) is 0 Å². The lowest BCUT2D eigenvalue weighted by molar-refractivity contribution is 0.766. The van der Waals surface area contributed by atoms with E-state index in [1.54, 1.807) is 4.68 Å². The summed E-state index contributed by atoms with van der Waals surface area (Å²) < 4.78 is 1.79. The van der Waals surface area contributed by atoms with Gasteiger partial charge in [-0.1, -0.05) is 12.1 Å². The summed E-state index contributed by atoms with van der Waals surface area (Å²) in [5.41, 5.74) is 4.49. The number of hydrogen-bond donors (Lipinski definition) is 2. The molecule has 0 aliphatic heterocycles. The summed E-state index contributed by atoms with van der Waals surface area (Å²) in [6, 6.07) is 7.87. The van der Waals surface area contributed by atoms with Gasteiger partial charge in [-0.05, 0) is 12.1 Å². The van der Waals surface area contributed by atoms with Crippen molar-refractivity contribution in [3.8, 4) is 0 Å². The van der Waals surface area contributed by atoms with Crippen LogP contribution < -0.4 is 16.2 Å². The van der Waals surface area contributed by atoms with Gasteiger partial charge >= 0.3 is 0 Å². The molecule has 21 heavy (non-hydrogen) atoms. The molecule has 1 aromatic carbocycles. The summed E-state index contributed by atoms with van der Waals surface area (Å²) in [5.74, 6) is 6.69. The molecule has 0 aliphatic rings. The quantitative estimate of drug-likeness (QED) is 0.554. The van der Waals surface area contributed by atoms with Crippen LogP contribution in [0.1, 0.15) is 5.56 Å². The smallest absolute Gasteiger partial charge is 0.239 e. The number of fused-ring (bicyclic) bond motifs is 1. The fourth-order valence-corrected chi connectivity index (χ4v) is 2.32. The van der Waals surface area contributed by atoms with Crippen LogP contribution in [0.3, 0.4) is 0 Å². The first-order valence-corrected chi connectivity index (χ1v) is 6.59. The van der Waals surface area contributed by atoms with Gasteiger partial charge in [0.05, 0.1) is 11.7 Å². The summed E-state index contributed by atoms with van der Waals surface area (Å²) >= 11 is 0. The van der Waals surface area contributed by atoms with Crippen LogP contribution in [0.15, 0.2) is 36.7 Å². The summed E-state index contributed by atoms with van der Waals surface area (Å²) in [7, 11) is 3.89. The Bertz CT molecular complexity index is 765. The van der Waals surface area contributed by atoms with Crippen molar-refractivity contribution < 1.29 is 0 Å². The summed E-state index contributed by atoms with van der Waals surface area (Å²) in [6.45, 7) is 0.707. The maximum absolute atomic E-state index is 5.46. The van der Waals surface area contributed by atoms with E-state index in [-0.39, 0.29) is 0 Å². The van der Waals surface area contributed by atoms with Crippen molar-refractivity contribution in [1.29, 1.82) is 0 Å². The standard InChI is InChI=1S/C14H17N7/c1-20(8-10-7-16-21(2)9-10)13-11-5-3-4-6-12(11)17-14(18-13)19-15/h3-7,9H,8,15H2,1-2H3,(H,17,18,19). The third-order valence-electron chi connectivity index (χ3n) is 3.25. The van der Waals surface area contributed by atoms with Crippen molar-refractivity contribution >= 4 is 22.7 Å². The van der Waals surface area contributed by atoms with Crippen LogP contribution >= 0.6 is 0 Å². The first-order chi connectivity index (χ1) is 10.2. The number of nitrogens with two attached hydrogens (primary N) is 1. The highest BCUT2D eigenvalue weighted by molar-refractivity contribution is 5.90. The Hall–Kier alpha value is -2.67. The summed E-state index contributed by atoms with van der Waals surface area (Å²) in [4.78, 5) is 10.9. The molecule has 3 N–H and O–H groups in total. The largest absolute Gasteiger partial charge is 0.355 e. The number of hydrogen-bond acceptors (Lipinski definition) is 6. The van der Waals surface area contributed by atoms with Gasteiger partial charge in [-0.15, -0.1) is 0 Å². The molecule has 0 unspecified atom stereocenters. The number of rotatable bonds is 4. The minimum Gasteiger partial charge on any atom is -0.355 e. The molecule has 7 nitrogen and oxygen atoms in total. The van der Waals surface area contributed by atoms with E-state index in [1.165, 1.54) is 0 Å². The Morgan fingerprint density at radius 1 is 1.29 bits per heavy atom. The number of benzene rings is 1. The molecule has 0 radical (unpaired) electrons. The van der Waals surface area contributed by atoms with E-state index in [1.807, 2.05) is 50.8 Å². The number of nitrogen functional groups attached to an aromatic ring is 1. The van der Waals surface area contributed by atoms with Crippen LogP contribution in [0.2, 0.25) is 0 Å². The van der Waals surface area contributed by atoms with E-state index in [0.717, 1.165) is 22.3 Å². The van der Waals surface area contributed by atoms with Gasteiger partial charge in [0.25, 0.3) is 0 Å². The molecule has 0 spiro atoms. The number of hydrazine groups is 1. The number of anilines is 2. The molecule has 0 aliphatic carbocycles. The predicted molar refractivity (Wildman–Crippen MR) is 82.7 cm³/mol. The fraction of sp³-hybridized carbons (Fsp3) is 0.214. The van der Waals surface area contributed by atoms with Crippen LogP contribution in [-0.2, 0) is 13.6 Å². The van der Waals surface area contributed by atoms with Gasteiger partial charge in [-0.2, -0.15) is 10.1 Å². The average molecular weight is 283 g/mol. The number of nitrogens with zero attached hydrogens (tertiary/aromatic N) is 5. The van der Waals surface area contributed by atoms with Crippen LogP contribution in [0.25, 0.3) is 10.9 Å². The molecule has 0 fully saturated rings. The highest BCUT2D eigenvalue weighted by Crippen LogP contribution is 2.25. The van der Waals surface area contributed by atoms with Gasteiger partial charge in [0, 0.05) is 37.8 Å². The Labute approximate surface area is 122 Å². The van der Waals surface area contributed by atoms with Crippen molar-refractivity contribution in [2.75, 3.05) is 17.4 Å². The maximum atomic E-state index is 5.46. The second kappa shape index (κ2) is 5.37. The zero-order chi connectivity index (χ0) is 14.8. The van der Waals surface area contributed by atoms with Crippen molar-refractivity contribution in [2.24, 2.45) is 12.9 Å². The fourth-order valence-electron chi connectivity index (χ4n) is 2.32.